The second-order valence-corrected chi connectivity index (χ2v) is 6.55. The van der Waals surface area contributed by atoms with Gasteiger partial charge in [0.05, 0.1) is 24.7 Å². The van der Waals surface area contributed by atoms with Gasteiger partial charge >= 0.3 is 5.97 Å². The van der Waals surface area contributed by atoms with Crippen LogP contribution in [0.2, 0.25) is 0 Å². The van der Waals surface area contributed by atoms with Crippen molar-refractivity contribution in [3.8, 4) is 5.95 Å². The first-order valence-corrected chi connectivity index (χ1v) is 8.69. The van der Waals surface area contributed by atoms with E-state index in [0.29, 0.717) is 12.5 Å². The highest BCUT2D eigenvalue weighted by Crippen LogP contribution is 2.19. The van der Waals surface area contributed by atoms with Crippen LogP contribution in [0.1, 0.15) is 17.3 Å². The van der Waals surface area contributed by atoms with E-state index in [1.165, 1.54) is 23.4 Å². The van der Waals surface area contributed by atoms with Crippen LogP contribution in [0.25, 0.3) is 17.1 Å². The molecule has 0 aromatic carbocycles. The summed E-state index contributed by atoms with van der Waals surface area (Å²) >= 11 is 0. The molecular weight excluding hydrogens is 364 g/mol. The number of carboxylic acids is 1. The van der Waals surface area contributed by atoms with Crippen LogP contribution in [0.15, 0.2) is 47.8 Å². The molecule has 144 valence electrons. The summed E-state index contributed by atoms with van der Waals surface area (Å²) in [6.07, 6.45) is 12.2. The fourth-order valence-electron chi connectivity index (χ4n) is 2.99. The zero-order chi connectivity index (χ0) is 19.7. The van der Waals surface area contributed by atoms with Crippen molar-refractivity contribution in [2.24, 2.45) is 11.8 Å². The van der Waals surface area contributed by atoms with Gasteiger partial charge in [-0.25, -0.2) is 14.5 Å². The molecule has 0 fully saturated rings. The number of fused-ring (bicyclic) bond motifs is 1. The molecule has 0 saturated heterocycles. The molecule has 0 spiro atoms. The predicted molar refractivity (Wildman–Crippen MR) is 99.1 cm³/mol. The number of allylic oxidation sites excluding steroid dienone is 3. The van der Waals surface area contributed by atoms with Gasteiger partial charge in [-0.2, -0.15) is 10.1 Å². The zero-order valence-corrected chi connectivity index (χ0v) is 15.0. The minimum Gasteiger partial charge on any atom is -0.478 e. The summed E-state index contributed by atoms with van der Waals surface area (Å²) in [4.78, 5) is 34.5. The van der Waals surface area contributed by atoms with Crippen molar-refractivity contribution in [1.82, 2.24) is 29.3 Å². The van der Waals surface area contributed by atoms with E-state index in [1.54, 1.807) is 4.57 Å². The molecule has 1 aliphatic rings. The van der Waals surface area contributed by atoms with Gasteiger partial charge in [0, 0.05) is 12.1 Å². The van der Waals surface area contributed by atoms with Crippen LogP contribution in [-0.4, -0.2) is 47.0 Å². The van der Waals surface area contributed by atoms with Crippen LogP contribution in [0.4, 0.5) is 0 Å². The van der Waals surface area contributed by atoms with Crippen LogP contribution >= 0.6 is 0 Å². The van der Waals surface area contributed by atoms with Gasteiger partial charge in [0.1, 0.15) is 6.73 Å². The normalized spacial score (nSPS) is 18.8. The third-order valence-electron chi connectivity index (χ3n) is 4.62. The molecular formula is C18H18N6O4. The van der Waals surface area contributed by atoms with Crippen LogP contribution in [0.5, 0.6) is 0 Å². The van der Waals surface area contributed by atoms with E-state index in [1.807, 2.05) is 12.2 Å². The number of carboxylic acid groups (broad SMARTS) is 1. The topological polar surface area (TPSA) is 128 Å². The number of nitrogens with one attached hydrogen (secondary N) is 1. The number of hydrogen-bond acceptors (Lipinski definition) is 6. The lowest BCUT2D eigenvalue weighted by atomic mass is 9.91. The summed E-state index contributed by atoms with van der Waals surface area (Å²) in [7, 11) is 0. The highest BCUT2D eigenvalue weighted by Gasteiger charge is 2.16. The summed E-state index contributed by atoms with van der Waals surface area (Å²) in [6, 6.07) is 0. The Morgan fingerprint density at radius 1 is 1.36 bits per heavy atom. The summed E-state index contributed by atoms with van der Waals surface area (Å²) in [5, 5.41) is 12.9. The van der Waals surface area contributed by atoms with Gasteiger partial charge in [0.15, 0.2) is 11.2 Å². The van der Waals surface area contributed by atoms with E-state index in [9.17, 15) is 9.59 Å². The minimum absolute atomic E-state index is 0.0116. The van der Waals surface area contributed by atoms with E-state index in [4.69, 9.17) is 9.84 Å². The largest absolute Gasteiger partial charge is 0.478 e. The Morgan fingerprint density at radius 3 is 2.93 bits per heavy atom. The molecule has 0 bridgehead atoms. The predicted octanol–water partition coefficient (Wildman–Crippen LogP) is 1.36. The number of H-pyrrole nitrogens is 1. The molecule has 3 heterocycles. The second-order valence-electron chi connectivity index (χ2n) is 6.55. The Labute approximate surface area is 158 Å². The average molecular weight is 382 g/mol. The van der Waals surface area contributed by atoms with Gasteiger partial charge in [-0.05, 0) is 5.92 Å². The van der Waals surface area contributed by atoms with Gasteiger partial charge < -0.3 is 14.4 Å². The number of ether oxygens (including phenoxy) is 1. The molecule has 2 unspecified atom stereocenters. The quantitative estimate of drug-likeness (QED) is 0.659. The molecule has 3 aromatic heterocycles. The van der Waals surface area contributed by atoms with Gasteiger partial charge in [0.2, 0.25) is 5.95 Å². The molecule has 2 N–H and O–H groups in total. The fraction of sp³-hybridized carbons (Fsp3) is 0.278. The molecule has 2 atom stereocenters. The third-order valence-corrected chi connectivity index (χ3v) is 4.62. The summed E-state index contributed by atoms with van der Waals surface area (Å²) < 4.78 is 8.54. The van der Waals surface area contributed by atoms with Gasteiger partial charge in [-0.15, -0.1) is 0 Å². The van der Waals surface area contributed by atoms with Crippen LogP contribution < -0.4 is 5.56 Å². The molecule has 10 nitrogen and oxygen atoms in total. The van der Waals surface area contributed by atoms with Crippen molar-refractivity contribution in [2.75, 3.05) is 6.61 Å². The third kappa shape index (κ3) is 3.37. The maximum Gasteiger partial charge on any atom is 0.338 e. The lowest BCUT2D eigenvalue weighted by Gasteiger charge is -2.20. The average Bonchev–Trinajstić information content (AvgIpc) is 3.31. The molecule has 1 aliphatic carbocycles. The molecule has 28 heavy (non-hydrogen) atoms. The lowest BCUT2D eigenvalue weighted by molar-refractivity contribution is 0.0545. The number of rotatable bonds is 6. The summed E-state index contributed by atoms with van der Waals surface area (Å²) in [6.45, 7) is 2.82. The van der Waals surface area contributed by atoms with Crippen LogP contribution in [0.3, 0.4) is 0 Å². The molecule has 4 rings (SSSR count). The molecule has 0 radical (unpaired) electrons. The van der Waals surface area contributed by atoms with Crippen molar-refractivity contribution in [3.63, 3.8) is 0 Å². The first-order valence-electron chi connectivity index (χ1n) is 8.69. The van der Waals surface area contributed by atoms with E-state index < -0.39 is 11.5 Å². The molecule has 0 aliphatic heterocycles. The van der Waals surface area contributed by atoms with Crippen molar-refractivity contribution < 1.29 is 14.6 Å². The summed E-state index contributed by atoms with van der Waals surface area (Å²) in [5.74, 6) is -0.356. The smallest absolute Gasteiger partial charge is 0.338 e. The first-order chi connectivity index (χ1) is 13.5. The Balaban J connectivity index is 1.53. The van der Waals surface area contributed by atoms with Crippen LogP contribution in [-0.2, 0) is 11.5 Å². The number of aromatic amines is 1. The van der Waals surface area contributed by atoms with E-state index >= 15 is 0 Å². The maximum atomic E-state index is 12.5. The Bertz CT molecular complexity index is 1140. The number of aromatic nitrogens is 6. The first kappa shape index (κ1) is 17.9. The fourth-order valence-corrected chi connectivity index (χ4v) is 2.99. The van der Waals surface area contributed by atoms with Crippen molar-refractivity contribution >= 4 is 17.1 Å². The number of aromatic carboxylic acids is 1. The van der Waals surface area contributed by atoms with Crippen molar-refractivity contribution in [2.45, 2.75) is 13.7 Å². The highest BCUT2D eigenvalue weighted by molar-refractivity contribution is 5.86. The van der Waals surface area contributed by atoms with E-state index in [2.05, 4.69) is 39.1 Å². The summed E-state index contributed by atoms with van der Waals surface area (Å²) in [5.41, 5.74) is 0.0786. The Kier molecular flexibility index (Phi) is 4.62. The molecule has 3 aromatic rings. The Hall–Kier alpha value is -3.53. The second kappa shape index (κ2) is 7.24. The SMILES string of the molecule is CC1C=CC=CC1COCn1cnc2nc(-n3cc(C(=O)O)cn3)[nH]c(=O)c21. The van der Waals surface area contributed by atoms with E-state index in [-0.39, 0.29) is 35.3 Å². The van der Waals surface area contributed by atoms with Gasteiger partial charge in [-0.1, -0.05) is 31.2 Å². The van der Waals surface area contributed by atoms with Gasteiger partial charge in [-0.3, -0.25) is 9.78 Å². The Morgan fingerprint density at radius 2 is 2.18 bits per heavy atom. The number of carbonyl (C=O) groups is 1. The highest BCUT2D eigenvalue weighted by atomic mass is 16.5. The minimum atomic E-state index is -1.12. The molecule has 0 amide bonds. The monoisotopic (exact) mass is 382 g/mol. The van der Waals surface area contributed by atoms with Crippen molar-refractivity contribution in [1.29, 1.82) is 0 Å². The lowest BCUT2D eigenvalue weighted by Crippen LogP contribution is -2.19. The standard InChI is InChI=1S/C18H18N6O4/c1-11-4-2-3-5-12(11)8-28-10-23-9-19-15-14(23)16(25)22-18(21-15)24-7-13(6-20-24)17(26)27/h2-7,9,11-12H,8,10H2,1H3,(H,26,27)(H,21,22,25). The number of hydrogen-bond donors (Lipinski definition) is 2. The number of imidazole rings is 1. The van der Waals surface area contributed by atoms with Crippen molar-refractivity contribution in [3.05, 3.63) is 58.9 Å². The van der Waals surface area contributed by atoms with Crippen LogP contribution in [0, 0.1) is 11.8 Å². The zero-order valence-electron chi connectivity index (χ0n) is 15.0. The van der Waals surface area contributed by atoms with E-state index in [0.717, 1.165) is 0 Å². The maximum absolute atomic E-state index is 12.5. The van der Waals surface area contributed by atoms with Gasteiger partial charge in [0.25, 0.3) is 5.56 Å². The molecule has 0 saturated carbocycles. The number of nitrogens with zero attached hydrogens (tertiary/aromatic N) is 5. The molecule has 10 heteroatoms.